The third-order valence-electron chi connectivity index (χ3n) is 7.73. The Hall–Kier alpha value is -1.96. The Morgan fingerprint density at radius 2 is 1.27 bits per heavy atom. The van der Waals surface area contributed by atoms with Crippen LogP contribution >= 0.6 is 24.8 Å². The van der Waals surface area contributed by atoms with Gasteiger partial charge in [-0.15, -0.1) is 36.8 Å². The van der Waals surface area contributed by atoms with Gasteiger partial charge in [0.05, 0.1) is 0 Å². The summed E-state index contributed by atoms with van der Waals surface area (Å²) in [6.07, 6.45) is 11.0. The van der Waals surface area contributed by atoms with Gasteiger partial charge in [-0.3, -0.25) is 6.08 Å². The van der Waals surface area contributed by atoms with Gasteiger partial charge in [0, 0.05) is 0 Å². The molecule has 0 aromatic heterocycles. The van der Waals surface area contributed by atoms with E-state index in [0.717, 1.165) is 12.8 Å². The largest absolute Gasteiger partial charge is 0.273 e. The van der Waals surface area contributed by atoms with Gasteiger partial charge in [-0.05, 0) is 17.4 Å². The molecule has 4 aromatic carbocycles. The number of aryl methyl sites for hydroxylation is 2. The summed E-state index contributed by atoms with van der Waals surface area (Å²) in [6.45, 7) is 18.0. The van der Waals surface area contributed by atoms with Crippen molar-refractivity contribution in [1.29, 1.82) is 0 Å². The fraction of sp³-hybridized carbons (Fsp3) is 0.300. The number of fused-ring (bicyclic) bond motifs is 3. The second-order valence-corrected chi connectivity index (χ2v) is 19.0. The molecule has 2 aliphatic rings. The Balaban J connectivity index is 0.000000260. The second-order valence-electron chi connectivity index (χ2n) is 13.4. The zero-order chi connectivity index (χ0) is 30.5. The molecule has 0 heterocycles. The maximum Gasteiger partial charge on any atom is -0.109 e. The van der Waals surface area contributed by atoms with E-state index in [2.05, 4.69) is 152 Å². The average Bonchev–Trinajstić information content (AvgIpc) is 3.63. The summed E-state index contributed by atoms with van der Waals surface area (Å²) < 4.78 is 0. The molecule has 44 heavy (non-hydrogen) atoms. The van der Waals surface area contributed by atoms with Gasteiger partial charge in [-0.25, -0.2) is 12.2 Å². The second kappa shape index (κ2) is 16.6. The molecule has 0 amide bonds. The van der Waals surface area contributed by atoms with Crippen LogP contribution in [0.2, 0.25) is 0 Å². The van der Waals surface area contributed by atoms with Crippen LogP contribution in [0.5, 0.6) is 0 Å². The van der Waals surface area contributed by atoms with E-state index in [1.54, 1.807) is 23.3 Å². The van der Waals surface area contributed by atoms with Crippen molar-refractivity contribution in [2.24, 2.45) is 0 Å². The Morgan fingerprint density at radius 1 is 0.705 bits per heavy atom. The Morgan fingerprint density at radius 3 is 1.73 bits per heavy atom. The minimum Gasteiger partial charge on any atom is -0.273 e. The monoisotopic (exact) mass is 714 g/mol. The van der Waals surface area contributed by atoms with Gasteiger partial charge in [0.15, 0.2) is 0 Å². The van der Waals surface area contributed by atoms with Crippen molar-refractivity contribution in [3.63, 3.8) is 0 Å². The predicted molar refractivity (Wildman–Crippen MR) is 194 cm³/mol. The van der Waals surface area contributed by atoms with Gasteiger partial charge < -0.3 is 0 Å². The Kier molecular flexibility index (Phi) is 14.4. The number of hydrogen-bond acceptors (Lipinski definition) is 0. The molecule has 0 fully saturated rings. The predicted octanol–water partition coefficient (Wildman–Crippen LogP) is 9.76. The van der Waals surface area contributed by atoms with Crippen molar-refractivity contribution in [2.45, 2.75) is 79.1 Å². The molecule has 0 radical (unpaired) electrons. The first-order valence-electron chi connectivity index (χ1n) is 15.0. The molecule has 4 aromatic rings. The molecule has 0 nitrogen and oxygen atoms in total. The van der Waals surface area contributed by atoms with Crippen LogP contribution in [0.1, 0.15) is 81.3 Å². The first-order chi connectivity index (χ1) is 19.8. The molecule has 4 heteroatoms. The Labute approximate surface area is 294 Å². The van der Waals surface area contributed by atoms with Crippen molar-refractivity contribution in [1.82, 2.24) is 0 Å². The van der Waals surface area contributed by atoms with Gasteiger partial charge >= 0.3 is 113 Å². The van der Waals surface area contributed by atoms with E-state index < -0.39 is 5.43 Å². The van der Waals surface area contributed by atoms with Crippen molar-refractivity contribution < 1.29 is 23.3 Å². The SMILES string of the molecule is CC(C)(C)c1c[c-]c2c(c1)-c1cc(C(C)(C)C)ccc1C2.Cc1cccc([Si](=[Zr+2])c2cccc(C)c2)c1.Cl.Cl.[C-]1=CC=CC1. The molecule has 228 valence electrons. The third kappa shape index (κ3) is 10.3. The standard InChI is InChI=1S/C21H25.C14H14Si.C5H5.2ClH.Zr/c1-20(2,3)16-9-7-14-11-15-8-10-17(21(4,5)6)13-19(15)18(14)12-16;1-11-5-3-7-13(9-11)15-14-8-4-6-12(2)10-14;1-2-4-5-3-1;;;/h7,9-10,12-13H,11H2,1-6H3;3-10H,1-2H3;1-3H,4H2;2*1H;/q-1;;-1;;;+2. The molecule has 0 spiro atoms. The number of benzene rings is 4. The molecule has 6 rings (SSSR count). The molecular weight excluding hydrogens is 671 g/mol. The van der Waals surface area contributed by atoms with E-state index in [-0.39, 0.29) is 35.6 Å². The summed E-state index contributed by atoms with van der Waals surface area (Å²) in [4.78, 5) is 0. The first-order valence-corrected chi connectivity index (χ1v) is 20.1. The van der Waals surface area contributed by atoms with Gasteiger partial charge in [-0.2, -0.15) is 35.4 Å². The summed E-state index contributed by atoms with van der Waals surface area (Å²) >= 11 is 1.65. The van der Waals surface area contributed by atoms with Crippen molar-refractivity contribution in [3.05, 3.63) is 143 Å². The first kappa shape index (κ1) is 38.2. The molecule has 0 saturated carbocycles. The smallest absolute Gasteiger partial charge is 0.109 e. The summed E-state index contributed by atoms with van der Waals surface area (Å²) in [6, 6.07) is 33.0. The van der Waals surface area contributed by atoms with Crippen molar-refractivity contribution in [3.8, 4) is 11.1 Å². The van der Waals surface area contributed by atoms with Crippen LogP contribution in [-0.2, 0) is 40.6 Å². The zero-order valence-corrected chi connectivity index (χ0v) is 32.6. The number of allylic oxidation sites excluding steroid dienone is 4. The van der Waals surface area contributed by atoms with E-state index in [1.807, 2.05) is 12.2 Å². The van der Waals surface area contributed by atoms with Gasteiger partial charge in [0.25, 0.3) is 0 Å². The fourth-order valence-electron chi connectivity index (χ4n) is 5.09. The van der Waals surface area contributed by atoms with Gasteiger partial charge in [0.1, 0.15) is 0 Å². The maximum absolute atomic E-state index is 3.53. The normalized spacial score (nSPS) is 12.4. The van der Waals surface area contributed by atoms with Crippen LogP contribution in [-0.4, -0.2) is 5.43 Å². The zero-order valence-electron chi connectivity index (χ0n) is 27.5. The molecular formula is C40H46Cl2SiZr. The fourth-order valence-corrected chi connectivity index (χ4v) is 8.99. The molecule has 0 saturated heterocycles. The third-order valence-corrected chi connectivity index (χ3v) is 13.8. The van der Waals surface area contributed by atoms with E-state index >= 15 is 0 Å². The average molecular weight is 717 g/mol. The van der Waals surface area contributed by atoms with Gasteiger partial charge in [-0.1, -0.05) is 76.3 Å². The quantitative estimate of drug-likeness (QED) is 0.126. The van der Waals surface area contributed by atoms with Gasteiger partial charge in [0.2, 0.25) is 0 Å². The van der Waals surface area contributed by atoms with Crippen LogP contribution in [0, 0.1) is 26.0 Å². The number of halogens is 2. The maximum atomic E-state index is 3.53. The van der Waals surface area contributed by atoms with Crippen LogP contribution < -0.4 is 10.4 Å². The molecule has 0 aliphatic heterocycles. The van der Waals surface area contributed by atoms with E-state index in [4.69, 9.17) is 0 Å². The van der Waals surface area contributed by atoms with Crippen LogP contribution in [0.3, 0.4) is 0 Å². The van der Waals surface area contributed by atoms with Crippen LogP contribution in [0.25, 0.3) is 11.1 Å². The van der Waals surface area contributed by atoms with Crippen LogP contribution in [0.4, 0.5) is 0 Å². The van der Waals surface area contributed by atoms with E-state index in [0.29, 0.717) is 0 Å². The van der Waals surface area contributed by atoms with Crippen molar-refractivity contribution in [2.75, 3.05) is 0 Å². The minimum atomic E-state index is -0.499. The van der Waals surface area contributed by atoms with Crippen LogP contribution in [0.15, 0.2) is 97.1 Å². The Bertz CT molecular complexity index is 1520. The molecule has 2 aliphatic carbocycles. The van der Waals surface area contributed by atoms with Crippen molar-refractivity contribution >= 4 is 40.6 Å². The number of hydrogen-bond donors (Lipinski definition) is 0. The summed E-state index contributed by atoms with van der Waals surface area (Å²) in [5, 5.41) is 3.07. The number of rotatable bonds is 2. The summed E-state index contributed by atoms with van der Waals surface area (Å²) in [7, 11) is 0. The van der Waals surface area contributed by atoms with E-state index in [9.17, 15) is 0 Å². The molecule has 0 atom stereocenters. The minimum absolute atomic E-state index is 0. The molecule has 0 N–H and O–H groups in total. The summed E-state index contributed by atoms with van der Waals surface area (Å²) in [5.74, 6) is 0. The molecule has 0 unspecified atom stereocenters. The molecule has 0 bridgehead atoms. The summed E-state index contributed by atoms with van der Waals surface area (Å²) in [5.41, 5.74) is 11.0. The topological polar surface area (TPSA) is 0 Å². The van der Waals surface area contributed by atoms with E-state index in [1.165, 1.54) is 54.9 Å².